The molecule has 3 rings (SSSR count). The first kappa shape index (κ1) is 12.1. The van der Waals surface area contributed by atoms with Gasteiger partial charge in [0.05, 0.1) is 12.5 Å². The summed E-state index contributed by atoms with van der Waals surface area (Å²) in [5, 5.41) is 3.43. The van der Waals surface area contributed by atoms with Crippen LogP contribution >= 0.6 is 0 Å². The van der Waals surface area contributed by atoms with E-state index in [9.17, 15) is 9.59 Å². The number of fused-ring (bicyclic) bond motifs is 1. The topological polar surface area (TPSA) is 52.7 Å². The molecule has 3 aliphatic heterocycles. The van der Waals surface area contributed by atoms with Gasteiger partial charge in [-0.3, -0.25) is 19.4 Å². The minimum Gasteiger partial charge on any atom is -0.301 e. The van der Waals surface area contributed by atoms with Crippen LogP contribution in [0.15, 0.2) is 0 Å². The number of likely N-dealkylation sites (tertiary alicyclic amines) is 1. The Kier molecular flexibility index (Phi) is 3.11. The fourth-order valence-electron chi connectivity index (χ4n) is 3.59. The van der Waals surface area contributed by atoms with Gasteiger partial charge in [-0.25, -0.2) is 0 Å². The van der Waals surface area contributed by atoms with Gasteiger partial charge >= 0.3 is 0 Å². The molecule has 18 heavy (non-hydrogen) atoms. The number of carbonyl (C=O) groups excluding carboxylic acids is 2. The maximum Gasteiger partial charge on any atom is 0.246 e. The summed E-state index contributed by atoms with van der Waals surface area (Å²) in [7, 11) is 1.58. The van der Waals surface area contributed by atoms with Crippen molar-refractivity contribution in [2.24, 2.45) is 0 Å². The molecule has 2 amide bonds. The second-order valence-electron chi connectivity index (χ2n) is 5.71. The summed E-state index contributed by atoms with van der Waals surface area (Å²) in [5.74, 6) is -0.120. The van der Waals surface area contributed by atoms with Gasteiger partial charge in [-0.05, 0) is 25.8 Å². The fourth-order valence-corrected chi connectivity index (χ4v) is 3.59. The minimum atomic E-state index is -0.283. The number of rotatable bonds is 2. The van der Waals surface area contributed by atoms with E-state index >= 15 is 0 Å². The highest BCUT2D eigenvalue weighted by Crippen LogP contribution is 2.28. The van der Waals surface area contributed by atoms with Gasteiger partial charge in [0.2, 0.25) is 11.8 Å². The maximum atomic E-state index is 11.9. The van der Waals surface area contributed by atoms with Crippen molar-refractivity contribution < 1.29 is 9.59 Å². The summed E-state index contributed by atoms with van der Waals surface area (Å²) < 4.78 is 0. The third-order valence-corrected chi connectivity index (χ3v) is 4.65. The van der Waals surface area contributed by atoms with E-state index in [0.717, 1.165) is 13.0 Å². The van der Waals surface area contributed by atoms with Crippen molar-refractivity contribution in [3.63, 3.8) is 0 Å². The molecule has 0 radical (unpaired) electrons. The van der Waals surface area contributed by atoms with E-state index in [0.29, 0.717) is 18.5 Å². The molecular weight excluding hydrogens is 230 g/mol. The lowest BCUT2D eigenvalue weighted by Gasteiger charge is -2.33. The lowest BCUT2D eigenvalue weighted by atomic mass is 9.98. The van der Waals surface area contributed by atoms with Crippen LogP contribution in [-0.4, -0.2) is 59.9 Å². The average Bonchev–Trinajstić information content (AvgIpc) is 2.89. The van der Waals surface area contributed by atoms with Crippen molar-refractivity contribution >= 4 is 11.8 Å². The van der Waals surface area contributed by atoms with Crippen LogP contribution in [0, 0.1) is 0 Å². The summed E-state index contributed by atoms with van der Waals surface area (Å²) >= 11 is 0. The summed E-state index contributed by atoms with van der Waals surface area (Å²) in [6.45, 7) is 2.33. The Morgan fingerprint density at radius 2 is 2.00 bits per heavy atom. The van der Waals surface area contributed by atoms with Crippen molar-refractivity contribution in [3.8, 4) is 0 Å². The number of hydrogen-bond acceptors (Lipinski definition) is 4. The molecule has 5 nitrogen and oxygen atoms in total. The van der Waals surface area contributed by atoms with E-state index in [1.54, 1.807) is 7.05 Å². The van der Waals surface area contributed by atoms with E-state index in [2.05, 4.69) is 10.2 Å². The molecule has 0 aromatic rings. The van der Waals surface area contributed by atoms with Gasteiger partial charge in [0.1, 0.15) is 0 Å². The van der Waals surface area contributed by atoms with Gasteiger partial charge in [0, 0.05) is 25.7 Å². The van der Waals surface area contributed by atoms with Gasteiger partial charge in [0.15, 0.2) is 0 Å². The molecule has 3 atom stereocenters. The molecule has 3 saturated heterocycles. The lowest BCUT2D eigenvalue weighted by molar-refractivity contribution is -0.137. The number of likely N-dealkylation sites (N-methyl/N-ethyl adjacent to an activating group) is 1. The first-order chi connectivity index (χ1) is 8.66. The third kappa shape index (κ3) is 1.95. The second kappa shape index (κ2) is 4.63. The van der Waals surface area contributed by atoms with Crippen LogP contribution in [0.4, 0.5) is 0 Å². The third-order valence-electron chi connectivity index (χ3n) is 4.65. The van der Waals surface area contributed by atoms with Crippen molar-refractivity contribution in [2.45, 2.75) is 50.2 Å². The van der Waals surface area contributed by atoms with E-state index in [4.69, 9.17) is 0 Å². The standard InChI is InChI=1S/C13H21N3O2/c1-15-12(17)8-10(13(15)18)14-9-5-7-16-6-3-2-4-11(9)16/h9-11,14H,2-8H2,1H3. The van der Waals surface area contributed by atoms with Crippen molar-refractivity contribution in [1.82, 2.24) is 15.1 Å². The molecule has 0 spiro atoms. The Hall–Kier alpha value is -0.940. The van der Waals surface area contributed by atoms with E-state index in [1.165, 1.54) is 30.7 Å². The monoisotopic (exact) mass is 251 g/mol. The molecule has 3 unspecified atom stereocenters. The van der Waals surface area contributed by atoms with Gasteiger partial charge in [-0.1, -0.05) is 6.42 Å². The van der Waals surface area contributed by atoms with Gasteiger partial charge in [-0.15, -0.1) is 0 Å². The molecule has 1 N–H and O–H groups in total. The molecule has 3 fully saturated rings. The molecule has 0 aromatic carbocycles. The molecule has 3 aliphatic rings. The largest absolute Gasteiger partial charge is 0.301 e. The molecule has 0 bridgehead atoms. The molecule has 0 saturated carbocycles. The summed E-state index contributed by atoms with van der Waals surface area (Å²) in [6.07, 6.45) is 5.25. The van der Waals surface area contributed by atoms with Crippen LogP contribution in [-0.2, 0) is 9.59 Å². The highest BCUT2D eigenvalue weighted by Gasteiger charge is 2.41. The molecule has 0 aliphatic carbocycles. The maximum absolute atomic E-state index is 11.9. The number of hydrogen-bond donors (Lipinski definition) is 1. The van der Waals surface area contributed by atoms with E-state index in [1.807, 2.05) is 0 Å². The second-order valence-corrected chi connectivity index (χ2v) is 5.71. The molecule has 5 heteroatoms. The van der Waals surface area contributed by atoms with Crippen molar-refractivity contribution in [2.75, 3.05) is 20.1 Å². The Morgan fingerprint density at radius 1 is 1.17 bits per heavy atom. The molecule has 100 valence electrons. The Balaban J connectivity index is 1.63. The zero-order valence-corrected chi connectivity index (χ0v) is 10.9. The van der Waals surface area contributed by atoms with Crippen molar-refractivity contribution in [1.29, 1.82) is 0 Å². The van der Waals surface area contributed by atoms with Gasteiger partial charge in [0.25, 0.3) is 0 Å². The predicted octanol–water partition coefficient (Wildman–Crippen LogP) is -0.0399. The number of carbonyl (C=O) groups is 2. The quantitative estimate of drug-likeness (QED) is 0.700. The Morgan fingerprint density at radius 3 is 2.72 bits per heavy atom. The summed E-state index contributed by atoms with van der Waals surface area (Å²) in [4.78, 5) is 27.2. The number of amides is 2. The smallest absolute Gasteiger partial charge is 0.246 e. The molecular formula is C13H21N3O2. The number of imide groups is 1. The van der Waals surface area contributed by atoms with Crippen LogP contribution in [0.5, 0.6) is 0 Å². The number of nitrogens with one attached hydrogen (secondary N) is 1. The lowest BCUT2D eigenvalue weighted by Crippen LogP contribution is -2.50. The summed E-state index contributed by atoms with van der Waals surface area (Å²) in [6, 6.07) is 0.681. The summed E-state index contributed by atoms with van der Waals surface area (Å²) in [5.41, 5.74) is 0. The zero-order valence-electron chi connectivity index (χ0n) is 10.9. The zero-order chi connectivity index (χ0) is 12.7. The first-order valence-corrected chi connectivity index (χ1v) is 6.97. The number of piperidine rings is 1. The average molecular weight is 251 g/mol. The van der Waals surface area contributed by atoms with Crippen LogP contribution in [0.1, 0.15) is 32.1 Å². The predicted molar refractivity (Wildman–Crippen MR) is 66.9 cm³/mol. The van der Waals surface area contributed by atoms with E-state index < -0.39 is 0 Å². The highest BCUT2D eigenvalue weighted by molar-refractivity contribution is 6.05. The first-order valence-electron chi connectivity index (χ1n) is 6.97. The van der Waals surface area contributed by atoms with Crippen LogP contribution in [0.25, 0.3) is 0 Å². The van der Waals surface area contributed by atoms with Crippen LogP contribution in [0.3, 0.4) is 0 Å². The van der Waals surface area contributed by atoms with Crippen LogP contribution in [0.2, 0.25) is 0 Å². The highest BCUT2D eigenvalue weighted by atomic mass is 16.2. The van der Waals surface area contributed by atoms with E-state index in [-0.39, 0.29) is 17.9 Å². The van der Waals surface area contributed by atoms with Gasteiger partial charge < -0.3 is 5.32 Å². The van der Waals surface area contributed by atoms with Crippen molar-refractivity contribution in [3.05, 3.63) is 0 Å². The number of nitrogens with zero attached hydrogens (tertiary/aromatic N) is 2. The Bertz CT molecular complexity index is 371. The fraction of sp³-hybridized carbons (Fsp3) is 0.846. The molecule has 3 heterocycles. The van der Waals surface area contributed by atoms with Crippen LogP contribution < -0.4 is 5.32 Å². The SMILES string of the molecule is CN1C(=O)CC(NC2CCN3CCCCC23)C1=O. The molecule has 0 aromatic heterocycles. The Labute approximate surface area is 107 Å². The minimum absolute atomic E-state index is 0.0593. The van der Waals surface area contributed by atoms with Gasteiger partial charge in [-0.2, -0.15) is 0 Å². The normalized spacial score (nSPS) is 37.4.